The maximum Gasteiger partial charge on any atom is 0.261 e. The quantitative estimate of drug-likeness (QED) is 0.777. The molecule has 0 spiro atoms. The minimum absolute atomic E-state index is 0.167. The Hall–Kier alpha value is -2.40. The average Bonchev–Trinajstić information content (AvgIpc) is 2.60. The van der Waals surface area contributed by atoms with Gasteiger partial charge >= 0.3 is 0 Å². The van der Waals surface area contributed by atoms with Gasteiger partial charge in [0.1, 0.15) is 23.9 Å². The number of carbonyl (C=O) groups excluding carboxylic acids is 1. The molecule has 25 heavy (non-hydrogen) atoms. The summed E-state index contributed by atoms with van der Waals surface area (Å²) in [4.78, 5) is 12.2. The van der Waals surface area contributed by atoms with Crippen LogP contribution in [0.3, 0.4) is 0 Å². The summed E-state index contributed by atoms with van der Waals surface area (Å²) in [5.74, 6) is 1.81. The first-order valence-corrected chi connectivity index (χ1v) is 8.35. The summed E-state index contributed by atoms with van der Waals surface area (Å²) in [7, 11) is 1.61. The van der Waals surface area contributed by atoms with Crippen LogP contribution in [0.5, 0.6) is 17.2 Å². The van der Waals surface area contributed by atoms with Crippen molar-refractivity contribution in [3.05, 3.63) is 53.6 Å². The lowest BCUT2D eigenvalue weighted by atomic mass is 10.3. The third-order valence-corrected chi connectivity index (χ3v) is 3.66. The normalized spacial score (nSPS) is 12.8. The van der Waals surface area contributed by atoms with Crippen molar-refractivity contribution in [2.45, 2.75) is 26.0 Å². The minimum Gasteiger partial charge on any atom is -0.497 e. The summed E-state index contributed by atoms with van der Waals surface area (Å²) < 4.78 is 16.3. The molecule has 5 nitrogen and oxygen atoms in total. The van der Waals surface area contributed by atoms with E-state index in [0.717, 1.165) is 5.75 Å². The van der Waals surface area contributed by atoms with Gasteiger partial charge in [0, 0.05) is 5.02 Å². The Bertz CT molecular complexity index is 690. The first-order valence-electron chi connectivity index (χ1n) is 7.97. The van der Waals surface area contributed by atoms with Gasteiger partial charge in [0.15, 0.2) is 6.10 Å². The Labute approximate surface area is 152 Å². The summed E-state index contributed by atoms with van der Waals surface area (Å²) in [6, 6.07) is 14.0. The summed E-state index contributed by atoms with van der Waals surface area (Å²) in [5, 5.41) is 3.42. The zero-order chi connectivity index (χ0) is 18.2. The van der Waals surface area contributed by atoms with Crippen molar-refractivity contribution in [1.29, 1.82) is 0 Å². The van der Waals surface area contributed by atoms with Gasteiger partial charge < -0.3 is 19.5 Å². The Morgan fingerprint density at radius 1 is 1.08 bits per heavy atom. The number of hydrogen-bond acceptors (Lipinski definition) is 4. The molecule has 0 bridgehead atoms. The maximum atomic E-state index is 12.2. The van der Waals surface area contributed by atoms with E-state index < -0.39 is 6.10 Å². The first-order chi connectivity index (χ1) is 12.0. The fraction of sp³-hybridized carbons (Fsp3) is 0.316. The maximum absolute atomic E-state index is 12.2. The van der Waals surface area contributed by atoms with E-state index >= 15 is 0 Å². The second kappa shape index (κ2) is 9.18. The Morgan fingerprint density at radius 2 is 1.76 bits per heavy atom. The molecule has 0 radical (unpaired) electrons. The van der Waals surface area contributed by atoms with Gasteiger partial charge in [0.05, 0.1) is 13.2 Å². The van der Waals surface area contributed by atoms with Crippen LogP contribution in [-0.4, -0.2) is 31.8 Å². The highest BCUT2D eigenvalue weighted by molar-refractivity contribution is 6.30. The van der Waals surface area contributed by atoms with Gasteiger partial charge in [0.2, 0.25) is 0 Å². The molecule has 2 atom stereocenters. The molecule has 0 aliphatic rings. The van der Waals surface area contributed by atoms with E-state index in [-0.39, 0.29) is 11.9 Å². The predicted octanol–water partition coefficient (Wildman–Crippen LogP) is 3.70. The van der Waals surface area contributed by atoms with Crippen LogP contribution >= 0.6 is 11.6 Å². The lowest BCUT2D eigenvalue weighted by Gasteiger charge is -2.19. The van der Waals surface area contributed by atoms with E-state index in [1.165, 1.54) is 0 Å². The molecular weight excluding hydrogens is 342 g/mol. The van der Waals surface area contributed by atoms with Gasteiger partial charge in [-0.2, -0.15) is 0 Å². The van der Waals surface area contributed by atoms with E-state index in [1.54, 1.807) is 38.3 Å². The average molecular weight is 364 g/mol. The molecule has 0 aliphatic carbocycles. The van der Waals surface area contributed by atoms with E-state index in [4.69, 9.17) is 25.8 Å². The summed E-state index contributed by atoms with van der Waals surface area (Å²) >= 11 is 5.91. The minimum atomic E-state index is -0.637. The number of benzene rings is 2. The lowest BCUT2D eigenvalue weighted by Crippen LogP contribution is -2.43. The zero-order valence-corrected chi connectivity index (χ0v) is 15.2. The molecule has 2 aromatic rings. The van der Waals surface area contributed by atoms with Crippen LogP contribution in [0.25, 0.3) is 0 Å². The Balaban J connectivity index is 1.78. The van der Waals surface area contributed by atoms with E-state index in [0.29, 0.717) is 23.1 Å². The van der Waals surface area contributed by atoms with Crippen molar-refractivity contribution in [2.24, 2.45) is 0 Å². The number of halogens is 1. The van der Waals surface area contributed by atoms with Crippen LogP contribution in [0.15, 0.2) is 48.5 Å². The first kappa shape index (κ1) is 18.9. The van der Waals surface area contributed by atoms with Crippen molar-refractivity contribution >= 4 is 17.5 Å². The highest BCUT2D eigenvalue weighted by Gasteiger charge is 2.17. The Kier molecular flexibility index (Phi) is 6.95. The molecule has 0 fully saturated rings. The number of methoxy groups -OCH3 is 1. The molecule has 1 amide bonds. The molecule has 0 heterocycles. The largest absolute Gasteiger partial charge is 0.497 e. The highest BCUT2D eigenvalue weighted by atomic mass is 35.5. The van der Waals surface area contributed by atoms with E-state index in [9.17, 15) is 4.79 Å². The number of rotatable bonds is 8. The van der Waals surface area contributed by atoms with Crippen molar-refractivity contribution in [3.63, 3.8) is 0 Å². The molecular formula is C19H22ClNO4. The number of carbonyl (C=O) groups is 1. The molecule has 0 saturated carbocycles. The second-order valence-corrected chi connectivity index (χ2v) is 6.05. The van der Waals surface area contributed by atoms with E-state index in [2.05, 4.69) is 5.32 Å². The third-order valence-electron chi connectivity index (χ3n) is 3.43. The number of ether oxygens (including phenoxy) is 3. The van der Waals surface area contributed by atoms with Crippen LogP contribution in [0.2, 0.25) is 5.02 Å². The van der Waals surface area contributed by atoms with Crippen LogP contribution < -0.4 is 19.5 Å². The molecule has 0 unspecified atom stereocenters. The van der Waals surface area contributed by atoms with Crippen LogP contribution in [0, 0.1) is 0 Å². The molecule has 1 N–H and O–H groups in total. The number of hydrogen-bond donors (Lipinski definition) is 1. The number of amides is 1. The van der Waals surface area contributed by atoms with Crippen molar-refractivity contribution in [1.82, 2.24) is 5.32 Å². The van der Waals surface area contributed by atoms with Crippen molar-refractivity contribution in [2.75, 3.05) is 13.7 Å². The van der Waals surface area contributed by atoms with E-state index in [1.807, 2.05) is 31.2 Å². The molecule has 134 valence electrons. The molecule has 6 heteroatoms. The van der Waals surface area contributed by atoms with Gasteiger partial charge in [-0.05, 0) is 56.3 Å². The second-order valence-electron chi connectivity index (χ2n) is 5.61. The van der Waals surface area contributed by atoms with Gasteiger partial charge in [-0.25, -0.2) is 0 Å². The van der Waals surface area contributed by atoms with Crippen LogP contribution in [-0.2, 0) is 4.79 Å². The fourth-order valence-electron chi connectivity index (χ4n) is 2.09. The van der Waals surface area contributed by atoms with Gasteiger partial charge in [-0.3, -0.25) is 4.79 Å². The third kappa shape index (κ3) is 6.19. The standard InChI is InChI=1S/C19H22ClNO4/c1-13(12-24-17-9-7-16(23-3)8-10-17)21-19(22)14(2)25-18-6-4-5-15(20)11-18/h4-11,13-14H,12H2,1-3H3,(H,21,22)/t13-,14-/m1/s1. The molecule has 2 aromatic carbocycles. The van der Waals surface area contributed by atoms with Crippen molar-refractivity contribution in [3.8, 4) is 17.2 Å². The topological polar surface area (TPSA) is 56.8 Å². The van der Waals surface area contributed by atoms with Gasteiger partial charge in [-0.1, -0.05) is 17.7 Å². The SMILES string of the molecule is COc1ccc(OC[C@@H](C)NC(=O)[C@@H](C)Oc2cccc(Cl)c2)cc1. The summed E-state index contributed by atoms with van der Waals surface area (Å²) in [6.45, 7) is 3.91. The predicted molar refractivity (Wildman–Crippen MR) is 97.6 cm³/mol. The molecule has 0 aliphatic heterocycles. The zero-order valence-electron chi connectivity index (χ0n) is 14.5. The lowest BCUT2D eigenvalue weighted by molar-refractivity contribution is -0.128. The molecule has 2 rings (SSSR count). The van der Waals surface area contributed by atoms with Crippen LogP contribution in [0.4, 0.5) is 0 Å². The van der Waals surface area contributed by atoms with Gasteiger partial charge in [0.25, 0.3) is 5.91 Å². The molecule has 0 aromatic heterocycles. The van der Waals surface area contributed by atoms with Crippen molar-refractivity contribution < 1.29 is 19.0 Å². The fourth-order valence-corrected chi connectivity index (χ4v) is 2.27. The highest BCUT2D eigenvalue weighted by Crippen LogP contribution is 2.19. The summed E-state index contributed by atoms with van der Waals surface area (Å²) in [6.07, 6.45) is -0.637. The number of nitrogens with one attached hydrogen (secondary N) is 1. The van der Waals surface area contributed by atoms with Gasteiger partial charge in [-0.15, -0.1) is 0 Å². The smallest absolute Gasteiger partial charge is 0.261 e. The Morgan fingerprint density at radius 3 is 2.40 bits per heavy atom. The molecule has 0 saturated heterocycles. The van der Waals surface area contributed by atoms with Crippen LogP contribution in [0.1, 0.15) is 13.8 Å². The summed E-state index contributed by atoms with van der Waals surface area (Å²) in [5.41, 5.74) is 0. The monoisotopic (exact) mass is 363 g/mol.